The Morgan fingerprint density at radius 2 is 2.11 bits per heavy atom. The summed E-state index contributed by atoms with van der Waals surface area (Å²) in [6.07, 6.45) is 0. The van der Waals surface area contributed by atoms with Crippen LogP contribution in [0.2, 0.25) is 5.02 Å². The van der Waals surface area contributed by atoms with E-state index in [-0.39, 0.29) is 5.92 Å². The van der Waals surface area contributed by atoms with Crippen LogP contribution in [-0.4, -0.2) is 10.1 Å². The molecule has 1 unspecified atom stereocenters. The van der Waals surface area contributed by atoms with E-state index in [9.17, 15) is 0 Å². The fourth-order valence-electron chi connectivity index (χ4n) is 1.46. The highest BCUT2D eigenvalue weighted by Crippen LogP contribution is 2.27. The van der Waals surface area contributed by atoms with Gasteiger partial charge in [0.25, 0.3) is 0 Å². The lowest BCUT2D eigenvalue weighted by atomic mass is 10.1. The van der Waals surface area contributed by atoms with E-state index in [4.69, 9.17) is 21.9 Å². The lowest BCUT2D eigenvalue weighted by Gasteiger charge is -2.08. The summed E-state index contributed by atoms with van der Waals surface area (Å²) in [7, 11) is 0. The van der Waals surface area contributed by atoms with Gasteiger partial charge in [0.2, 0.25) is 5.89 Å². The van der Waals surface area contributed by atoms with Gasteiger partial charge in [0.15, 0.2) is 5.82 Å². The summed E-state index contributed by atoms with van der Waals surface area (Å²) in [6, 6.07) is 5.08. The minimum atomic E-state index is -0.438. The molecule has 0 saturated carbocycles. The molecule has 0 fully saturated rings. The third-order valence-corrected chi connectivity index (χ3v) is 3.76. The largest absolute Gasteiger partial charge is 0.339 e. The molecule has 0 aliphatic heterocycles. The fourth-order valence-corrected chi connectivity index (χ4v) is 1.90. The Morgan fingerprint density at radius 1 is 1.39 bits per heavy atom. The van der Waals surface area contributed by atoms with Crippen LogP contribution >= 0.6 is 27.5 Å². The van der Waals surface area contributed by atoms with Crippen LogP contribution in [0.25, 0.3) is 0 Å². The second kappa shape index (κ2) is 5.38. The van der Waals surface area contributed by atoms with Gasteiger partial charge in [0.05, 0.1) is 11.1 Å². The standard InChI is InChI=1S/C12H13BrClN3O/c1-6(2)12-16-11(17-18-12)10(15)7-3-4-8(13)9(14)5-7/h3-6,10H,15H2,1-2H3. The van der Waals surface area contributed by atoms with Crippen LogP contribution in [0.5, 0.6) is 0 Å². The molecule has 1 aromatic heterocycles. The van der Waals surface area contributed by atoms with Crippen molar-refractivity contribution in [3.8, 4) is 0 Å². The summed E-state index contributed by atoms with van der Waals surface area (Å²) in [4.78, 5) is 4.28. The predicted molar refractivity (Wildman–Crippen MR) is 73.6 cm³/mol. The highest BCUT2D eigenvalue weighted by atomic mass is 79.9. The molecule has 2 aromatic rings. The number of rotatable bonds is 3. The van der Waals surface area contributed by atoms with Crippen LogP contribution in [0, 0.1) is 0 Å². The monoisotopic (exact) mass is 329 g/mol. The quantitative estimate of drug-likeness (QED) is 0.933. The van der Waals surface area contributed by atoms with Crippen LogP contribution in [0.15, 0.2) is 27.2 Å². The van der Waals surface area contributed by atoms with E-state index in [2.05, 4.69) is 26.1 Å². The third kappa shape index (κ3) is 2.74. The molecule has 0 bridgehead atoms. The topological polar surface area (TPSA) is 64.9 Å². The molecule has 1 heterocycles. The van der Waals surface area contributed by atoms with Gasteiger partial charge in [-0.3, -0.25) is 0 Å². The predicted octanol–water partition coefficient (Wildman–Crippen LogP) is 3.66. The average Bonchev–Trinajstić information content (AvgIpc) is 2.81. The molecule has 0 spiro atoms. The second-order valence-corrected chi connectivity index (χ2v) is 5.56. The number of hydrogen-bond donors (Lipinski definition) is 1. The minimum absolute atomic E-state index is 0.187. The lowest BCUT2D eigenvalue weighted by molar-refractivity contribution is 0.359. The van der Waals surface area contributed by atoms with Crippen LogP contribution in [-0.2, 0) is 0 Å². The van der Waals surface area contributed by atoms with Gasteiger partial charge in [-0.1, -0.05) is 36.7 Å². The summed E-state index contributed by atoms with van der Waals surface area (Å²) in [5.74, 6) is 1.24. The number of benzene rings is 1. The Bertz CT molecular complexity index is 556. The molecule has 1 atom stereocenters. The zero-order valence-electron chi connectivity index (χ0n) is 10.0. The molecule has 0 amide bonds. The van der Waals surface area contributed by atoms with Gasteiger partial charge < -0.3 is 10.3 Å². The van der Waals surface area contributed by atoms with Crippen LogP contribution in [0.3, 0.4) is 0 Å². The molecule has 96 valence electrons. The first-order valence-corrected chi connectivity index (χ1v) is 6.70. The maximum Gasteiger partial charge on any atom is 0.229 e. The number of nitrogens with two attached hydrogens (primary N) is 1. The Labute approximate surface area is 119 Å². The first-order chi connectivity index (χ1) is 8.49. The maximum atomic E-state index is 6.09. The van der Waals surface area contributed by atoms with Crippen molar-refractivity contribution < 1.29 is 4.52 Å². The zero-order valence-corrected chi connectivity index (χ0v) is 12.4. The molecule has 0 aliphatic rings. The fraction of sp³-hybridized carbons (Fsp3) is 0.333. The van der Waals surface area contributed by atoms with Gasteiger partial charge in [-0.05, 0) is 33.6 Å². The summed E-state index contributed by atoms with van der Waals surface area (Å²) < 4.78 is 5.97. The molecular formula is C12H13BrClN3O. The van der Waals surface area contributed by atoms with E-state index < -0.39 is 6.04 Å². The summed E-state index contributed by atoms with van der Waals surface area (Å²) in [6.45, 7) is 3.97. The highest BCUT2D eigenvalue weighted by Gasteiger charge is 2.18. The van der Waals surface area contributed by atoms with Crippen LogP contribution in [0.1, 0.15) is 43.1 Å². The van der Waals surface area contributed by atoms with Gasteiger partial charge in [-0.15, -0.1) is 0 Å². The van der Waals surface area contributed by atoms with E-state index in [1.165, 1.54) is 0 Å². The number of halogens is 2. The van der Waals surface area contributed by atoms with Crippen molar-refractivity contribution in [2.75, 3.05) is 0 Å². The normalized spacial score (nSPS) is 13.0. The van der Waals surface area contributed by atoms with E-state index in [1.807, 2.05) is 26.0 Å². The van der Waals surface area contributed by atoms with Gasteiger partial charge in [-0.2, -0.15) is 4.98 Å². The first kappa shape index (κ1) is 13.5. The van der Waals surface area contributed by atoms with E-state index in [1.54, 1.807) is 6.07 Å². The molecular weight excluding hydrogens is 318 g/mol. The van der Waals surface area contributed by atoms with Crippen molar-refractivity contribution in [3.05, 3.63) is 45.0 Å². The third-order valence-electron chi connectivity index (χ3n) is 2.53. The van der Waals surface area contributed by atoms with Gasteiger partial charge in [-0.25, -0.2) is 0 Å². The molecule has 6 heteroatoms. The number of nitrogens with zero attached hydrogens (tertiary/aromatic N) is 2. The summed E-state index contributed by atoms with van der Waals surface area (Å²) >= 11 is 9.37. The minimum Gasteiger partial charge on any atom is -0.339 e. The molecule has 0 saturated heterocycles. The Hall–Kier alpha value is -0.910. The van der Waals surface area contributed by atoms with E-state index in [0.29, 0.717) is 16.7 Å². The molecule has 0 aliphatic carbocycles. The van der Waals surface area contributed by atoms with Gasteiger partial charge in [0.1, 0.15) is 0 Å². The zero-order chi connectivity index (χ0) is 13.3. The molecule has 0 radical (unpaired) electrons. The second-order valence-electron chi connectivity index (χ2n) is 4.30. The Balaban J connectivity index is 2.29. The SMILES string of the molecule is CC(C)c1nc(C(N)c2ccc(Br)c(Cl)c2)no1. The average molecular weight is 331 g/mol. The molecule has 2 rings (SSSR count). The van der Waals surface area contributed by atoms with Crippen molar-refractivity contribution in [1.29, 1.82) is 0 Å². The van der Waals surface area contributed by atoms with E-state index in [0.717, 1.165) is 10.0 Å². The first-order valence-electron chi connectivity index (χ1n) is 5.53. The smallest absolute Gasteiger partial charge is 0.229 e. The number of hydrogen-bond acceptors (Lipinski definition) is 4. The highest BCUT2D eigenvalue weighted by molar-refractivity contribution is 9.10. The Morgan fingerprint density at radius 3 is 2.67 bits per heavy atom. The van der Waals surface area contributed by atoms with Gasteiger partial charge in [0, 0.05) is 10.4 Å². The molecule has 4 nitrogen and oxygen atoms in total. The maximum absolute atomic E-state index is 6.09. The molecule has 2 N–H and O–H groups in total. The van der Waals surface area contributed by atoms with Crippen molar-refractivity contribution in [3.63, 3.8) is 0 Å². The van der Waals surface area contributed by atoms with Crippen LogP contribution in [0.4, 0.5) is 0 Å². The van der Waals surface area contributed by atoms with E-state index >= 15 is 0 Å². The molecule has 1 aromatic carbocycles. The van der Waals surface area contributed by atoms with Crippen molar-refractivity contribution in [1.82, 2.24) is 10.1 Å². The molecule has 18 heavy (non-hydrogen) atoms. The summed E-state index contributed by atoms with van der Waals surface area (Å²) in [5.41, 5.74) is 6.94. The van der Waals surface area contributed by atoms with Crippen molar-refractivity contribution >= 4 is 27.5 Å². The van der Waals surface area contributed by atoms with Crippen LogP contribution < -0.4 is 5.73 Å². The Kier molecular flexibility index (Phi) is 4.04. The number of aromatic nitrogens is 2. The summed E-state index contributed by atoms with van der Waals surface area (Å²) in [5, 5.41) is 4.51. The lowest BCUT2D eigenvalue weighted by Crippen LogP contribution is -2.13. The van der Waals surface area contributed by atoms with Crippen molar-refractivity contribution in [2.24, 2.45) is 5.73 Å². The van der Waals surface area contributed by atoms with Gasteiger partial charge >= 0.3 is 0 Å². The van der Waals surface area contributed by atoms with Crippen molar-refractivity contribution in [2.45, 2.75) is 25.8 Å².